The van der Waals surface area contributed by atoms with Crippen molar-refractivity contribution in [2.45, 2.75) is 110 Å². The van der Waals surface area contributed by atoms with Crippen LogP contribution in [0.15, 0.2) is 0 Å². The van der Waals surface area contributed by atoms with Crippen LogP contribution in [0, 0.1) is 28.6 Å². The molecular formula is C22H39NO. The van der Waals surface area contributed by atoms with Crippen LogP contribution in [0.5, 0.6) is 0 Å². The average Bonchev–Trinajstić information content (AvgIpc) is 2.63. The van der Waals surface area contributed by atoms with E-state index in [-0.39, 0.29) is 5.41 Å². The molecule has 2 aliphatic carbocycles. The normalized spacial score (nSPS) is 34.0. The Kier molecular flexibility index (Phi) is 8.60. The molecular weight excluding hydrogens is 294 g/mol. The van der Waals surface area contributed by atoms with Crippen LogP contribution in [0.4, 0.5) is 0 Å². The SMILES string of the molecule is CCCCCC1CCC(OCC2(C#N)CCC(CCC)CC2)CC1. The van der Waals surface area contributed by atoms with Crippen molar-refractivity contribution in [1.82, 2.24) is 0 Å². The lowest BCUT2D eigenvalue weighted by Crippen LogP contribution is -2.33. The number of nitrogens with zero attached hydrogens (tertiary/aromatic N) is 1. The van der Waals surface area contributed by atoms with E-state index in [9.17, 15) is 5.26 Å². The zero-order valence-corrected chi connectivity index (χ0v) is 16.2. The highest BCUT2D eigenvalue weighted by molar-refractivity contribution is 5.02. The Morgan fingerprint density at radius 1 is 0.875 bits per heavy atom. The van der Waals surface area contributed by atoms with E-state index in [4.69, 9.17) is 4.74 Å². The molecule has 0 saturated heterocycles. The quantitative estimate of drug-likeness (QED) is 0.443. The van der Waals surface area contributed by atoms with Crippen molar-refractivity contribution in [2.75, 3.05) is 6.61 Å². The van der Waals surface area contributed by atoms with Crippen LogP contribution in [0.25, 0.3) is 0 Å². The maximum absolute atomic E-state index is 9.72. The molecule has 0 spiro atoms. The van der Waals surface area contributed by atoms with Crippen molar-refractivity contribution < 1.29 is 4.74 Å². The lowest BCUT2D eigenvalue weighted by molar-refractivity contribution is -0.0299. The lowest BCUT2D eigenvalue weighted by Gasteiger charge is -2.37. The monoisotopic (exact) mass is 333 g/mol. The van der Waals surface area contributed by atoms with Crippen molar-refractivity contribution in [3.8, 4) is 6.07 Å². The number of hydrogen-bond acceptors (Lipinski definition) is 2. The zero-order valence-electron chi connectivity index (χ0n) is 16.2. The van der Waals surface area contributed by atoms with Gasteiger partial charge in [0.2, 0.25) is 0 Å². The minimum atomic E-state index is -0.178. The Balaban J connectivity index is 1.67. The molecule has 2 heteroatoms. The van der Waals surface area contributed by atoms with Crippen molar-refractivity contribution in [1.29, 1.82) is 5.26 Å². The minimum absolute atomic E-state index is 0.178. The molecule has 0 aromatic heterocycles. The molecule has 0 N–H and O–H groups in total. The molecule has 0 aromatic carbocycles. The van der Waals surface area contributed by atoms with E-state index >= 15 is 0 Å². The molecule has 2 aliphatic rings. The molecule has 0 unspecified atom stereocenters. The zero-order chi connectivity index (χ0) is 17.3. The molecule has 2 saturated carbocycles. The van der Waals surface area contributed by atoms with Gasteiger partial charge in [-0.1, -0.05) is 52.4 Å². The smallest absolute Gasteiger partial charge is 0.0807 e. The fourth-order valence-electron chi connectivity index (χ4n) is 4.76. The summed E-state index contributed by atoms with van der Waals surface area (Å²) >= 11 is 0. The Morgan fingerprint density at radius 3 is 2.12 bits per heavy atom. The minimum Gasteiger partial charge on any atom is -0.377 e. The van der Waals surface area contributed by atoms with Gasteiger partial charge < -0.3 is 4.74 Å². The fraction of sp³-hybridized carbons (Fsp3) is 0.955. The number of nitriles is 1. The topological polar surface area (TPSA) is 33.0 Å². The van der Waals surface area contributed by atoms with Crippen LogP contribution in [0.2, 0.25) is 0 Å². The van der Waals surface area contributed by atoms with Crippen molar-refractivity contribution in [2.24, 2.45) is 17.3 Å². The summed E-state index contributed by atoms with van der Waals surface area (Å²) in [4.78, 5) is 0. The second-order valence-corrected chi connectivity index (χ2v) is 8.57. The van der Waals surface area contributed by atoms with E-state index in [2.05, 4.69) is 19.9 Å². The van der Waals surface area contributed by atoms with Gasteiger partial charge in [-0.15, -0.1) is 0 Å². The van der Waals surface area contributed by atoms with Gasteiger partial charge in [0, 0.05) is 0 Å². The third-order valence-corrected chi connectivity index (χ3v) is 6.60. The van der Waals surface area contributed by atoms with E-state index in [0.717, 1.165) is 24.7 Å². The number of unbranched alkanes of at least 4 members (excludes halogenated alkanes) is 2. The second kappa shape index (κ2) is 10.4. The molecule has 0 heterocycles. The third-order valence-electron chi connectivity index (χ3n) is 6.60. The first-order chi connectivity index (χ1) is 11.7. The van der Waals surface area contributed by atoms with Gasteiger partial charge in [0.25, 0.3) is 0 Å². The summed E-state index contributed by atoms with van der Waals surface area (Å²) in [7, 11) is 0. The maximum atomic E-state index is 9.72. The average molecular weight is 334 g/mol. The Morgan fingerprint density at radius 2 is 1.54 bits per heavy atom. The molecule has 2 nitrogen and oxygen atoms in total. The number of rotatable bonds is 9. The van der Waals surface area contributed by atoms with E-state index in [1.807, 2.05) is 0 Å². The van der Waals surface area contributed by atoms with Crippen LogP contribution < -0.4 is 0 Å². The van der Waals surface area contributed by atoms with Crippen LogP contribution >= 0.6 is 0 Å². The summed E-state index contributed by atoms with van der Waals surface area (Å²) in [6.07, 6.45) is 18.3. The molecule has 0 bridgehead atoms. The van der Waals surface area contributed by atoms with Crippen LogP contribution in [-0.2, 0) is 4.74 Å². The molecule has 0 radical (unpaired) electrons. The summed E-state index contributed by atoms with van der Waals surface area (Å²) in [5.41, 5.74) is -0.178. The summed E-state index contributed by atoms with van der Waals surface area (Å²) in [5, 5.41) is 9.72. The standard InChI is InChI=1S/C22H39NO/c1-3-5-6-8-20-9-11-21(12-10-20)24-18-22(17-23)15-13-19(7-4-2)14-16-22/h19-21H,3-16,18H2,1-2H3. The van der Waals surface area contributed by atoms with E-state index in [1.54, 1.807) is 0 Å². The van der Waals surface area contributed by atoms with E-state index in [0.29, 0.717) is 12.7 Å². The first kappa shape index (κ1) is 19.8. The Labute approximate surface area is 150 Å². The molecule has 0 amide bonds. The Bertz CT molecular complexity index is 370. The molecule has 2 fully saturated rings. The Hall–Kier alpha value is -0.550. The molecule has 2 rings (SSSR count). The lowest BCUT2D eigenvalue weighted by atomic mass is 9.71. The van der Waals surface area contributed by atoms with Gasteiger partial charge in [0.1, 0.15) is 0 Å². The number of ether oxygens (including phenoxy) is 1. The summed E-state index contributed by atoms with van der Waals surface area (Å²) in [6.45, 7) is 5.24. The highest BCUT2D eigenvalue weighted by Crippen LogP contribution is 2.41. The summed E-state index contributed by atoms with van der Waals surface area (Å²) in [6, 6.07) is 2.64. The summed E-state index contributed by atoms with van der Waals surface area (Å²) < 4.78 is 6.26. The van der Waals surface area contributed by atoms with Gasteiger partial charge in [-0.05, 0) is 63.2 Å². The second-order valence-electron chi connectivity index (χ2n) is 8.57. The first-order valence-electron chi connectivity index (χ1n) is 10.7. The van der Waals surface area contributed by atoms with Crippen molar-refractivity contribution >= 4 is 0 Å². The molecule has 138 valence electrons. The van der Waals surface area contributed by atoms with Gasteiger partial charge >= 0.3 is 0 Å². The van der Waals surface area contributed by atoms with Gasteiger partial charge in [-0.25, -0.2) is 0 Å². The predicted molar refractivity (Wildman–Crippen MR) is 101 cm³/mol. The highest BCUT2D eigenvalue weighted by atomic mass is 16.5. The van der Waals surface area contributed by atoms with Gasteiger partial charge in [0.05, 0.1) is 24.2 Å². The van der Waals surface area contributed by atoms with Crippen molar-refractivity contribution in [3.63, 3.8) is 0 Å². The van der Waals surface area contributed by atoms with Crippen LogP contribution in [0.1, 0.15) is 104 Å². The first-order valence-corrected chi connectivity index (χ1v) is 10.7. The van der Waals surface area contributed by atoms with Crippen molar-refractivity contribution in [3.05, 3.63) is 0 Å². The number of hydrogen-bond donors (Lipinski definition) is 0. The third kappa shape index (κ3) is 6.07. The van der Waals surface area contributed by atoms with E-state index in [1.165, 1.54) is 77.0 Å². The predicted octanol–water partition coefficient (Wildman–Crippen LogP) is 6.64. The molecule has 0 aromatic rings. The molecule has 0 atom stereocenters. The van der Waals surface area contributed by atoms with Crippen LogP contribution in [0.3, 0.4) is 0 Å². The largest absolute Gasteiger partial charge is 0.377 e. The molecule has 0 aliphatic heterocycles. The molecule has 24 heavy (non-hydrogen) atoms. The summed E-state index contributed by atoms with van der Waals surface area (Å²) in [5.74, 6) is 1.79. The van der Waals surface area contributed by atoms with Gasteiger partial charge in [0.15, 0.2) is 0 Å². The highest BCUT2D eigenvalue weighted by Gasteiger charge is 2.36. The fourth-order valence-corrected chi connectivity index (χ4v) is 4.76. The van der Waals surface area contributed by atoms with Gasteiger partial charge in [-0.3, -0.25) is 0 Å². The van der Waals surface area contributed by atoms with E-state index < -0.39 is 0 Å². The van der Waals surface area contributed by atoms with Crippen LogP contribution in [-0.4, -0.2) is 12.7 Å². The maximum Gasteiger partial charge on any atom is 0.0807 e. The van der Waals surface area contributed by atoms with Gasteiger partial charge in [-0.2, -0.15) is 5.26 Å².